The summed E-state index contributed by atoms with van der Waals surface area (Å²) in [6.07, 6.45) is 54.6. The first kappa shape index (κ1) is 55.8. The molecule has 6 heteroatoms. The molecule has 0 saturated carbocycles. The molecule has 338 valence electrons. The van der Waals surface area contributed by atoms with Gasteiger partial charge >= 0.3 is 5.97 Å². The fourth-order valence-electron chi connectivity index (χ4n) is 7.42. The Morgan fingerprint density at radius 2 is 0.948 bits per heavy atom. The third-order valence-corrected chi connectivity index (χ3v) is 11.2. The van der Waals surface area contributed by atoms with Gasteiger partial charge in [0.1, 0.15) is 6.10 Å². The molecule has 0 fully saturated rings. The Morgan fingerprint density at radius 3 is 1.50 bits per heavy atom. The summed E-state index contributed by atoms with van der Waals surface area (Å²) in [5.41, 5.74) is 0. The number of carbonyl (C=O) groups is 2. The molecule has 6 nitrogen and oxygen atoms in total. The van der Waals surface area contributed by atoms with Crippen molar-refractivity contribution in [1.82, 2.24) is 5.32 Å². The van der Waals surface area contributed by atoms with Crippen molar-refractivity contribution >= 4 is 11.9 Å². The molecule has 3 unspecified atom stereocenters. The SMILES string of the molecule is CC/C=C/C=C/C=C\CCCCCCCC(=O)OC(CCCCC/C=C\CCCCC)CC(=O)NC(CO)C(O)CCCCCCCCCCCCCCCCCC. The maximum absolute atomic E-state index is 13.2. The van der Waals surface area contributed by atoms with Crippen LogP contribution in [0.5, 0.6) is 0 Å². The average molecular weight is 814 g/mol. The zero-order chi connectivity index (χ0) is 42.4. The van der Waals surface area contributed by atoms with Crippen LogP contribution >= 0.6 is 0 Å². The molecule has 0 bridgehead atoms. The smallest absolute Gasteiger partial charge is 0.306 e. The Bertz CT molecular complexity index is 1000. The van der Waals surface area contributed by atoms with E-state index in [4.69, 9.17) is 4.74 Å². The van der Waals surface area contributed by atoms with Gasteiger partial charge in [-0.05, 0) is 70.6 Å². The number of nitrogens with one attached hydrogen (secondary N) is 1. The highest BCUT2D eigenvalue weighted by Crippen LogP contribution is 2.17. The minimum Gasteiger partial charge on any atom is -0.462 e. The fourth-order valence-corrected chi connectivity index (χ4v) is 7.42. The molecule has 0 aromatic heterocycles. The van der Waals surface area contributed by atoms with Crippen molar-refractivity contribution in [2.24, 2.45) is 0 Å². The van der Waals surface area contributed by atoms with Crippen molar-refractivity contribution in [3.63, 3.8) is 0 Å². The molecule has 58 heavy (non-hydrogen) atoms. The van der Waals surface area contributed by atoms with Crippen LogP contribution in [-0.4, -0.2) is 46.9 Å². The lowest BCUT2D eigenvalue weighted by Gasteiger charge is -2.24. The number of carbonyl (C=O) groups excluding carboxylic acids is 2. The summed E-state index contributed by atoms with van der Waals surface area (Å²) < 4.78 is 5.89. The maximum Gasteiger partial charge on any atom is 0.306 e. The van der Waals surface area contributed by atoms with Crippen LogP contribution in [0.1, 0.15) is 245 Å². The molecule has 3 N–H and O–H groups in total. The molecular formula is C52H95NO5. The van der Waals surface area contributed by atoms with E-state index in [2.05, 4.69) is 74.7 Å². The summed E-state index contributed by atoms with van der Waals surface area (Å²) >= 11 is 0. The van der Waals surface area contributed by atoms with Gasteiger partial charge < -0.3 is 20.3 Å². The number of aliphatic hydroxyl groups is 2. The normalized spacial score (nSPS) is 13.7. The van der Waals surface area contributed by atoms with E-state index in [9.17, 15) is 19.8 Å². The van der Waals surface area contributed by atoms with Gasteiger partial charge in [-0.2, -0.15) is 0 Å². The molecule has 0 aromatic carbocycles. The summed E-state index contributed by atoms with van der Waals surface area (Å²) in [4.78, 5) is 26.0. The van der Waals surface area contributed by atoms with Crippen molar-refractivity contribution in [3.8, 4) is 0 Å². The summed E-state index contributed by atoms with van der Waals surface area (Å²) in [5.74, 6) is -0.512. The molecule has 0 spiro atoms. The number of rotatable bonds is 44. The van der Waals surface area contributed by atoms with Gasteiger partial charge in [-0.15, -0.1) is 0 Å². The second-order valence-corrected chi connectivity index (χ2v) is 16.9. The second kappa shape index (κ2) is 45.9. The second-order valence-electron chi connectivity index (χ2n) is 16.9. The quantitative estimate of drug-likeness (QED) is 0.0246. The Kier molecular flexibility index (Phi) is 44.2. The highest BCUT2D eigenvalue weighted by Gasteiger charge is 2.24. The van der Waals surface area contributed by atoms with Gasteiger partial charge in [-0.25, -0.2) is 0 Å². The number of allylic oxidation sites excluding steroid dienone is 8. The van der Waals surface area contributed by atoms with Gasteiger partial charge in [0.15, 0.2) is 0 Å². The topological polar surface area (TPSA) is 95.9 Å². The van der Waals surface area contributed by atoms with E-state index in [1.54, 1.807) is 0 Å². The van der Waals surface area contributed by atoms with Crippen LogP contribution in [0.2, 0.25) is 0 Å². The van der Waals surface area contributed by atoms with E-state index >= 15 is 0 Å². The number of aliphatic hydroxyl groups excluding tert-OH is 2. The lowest BCUT2D eigenvalue weighted by Crippen LogP contribution is -2.46. The highest BCUT2D eigenvalue weighted by atomic mass is 16.5. The highest BCUT2D eigenvalue weighted by molar-refractivity contribution is 5.77. The summed E-state index contributed by atoms with van der Waals surface area (Å²) in [5, 5.41) is 23.7. The first-order valence-electron chi connectivity index (χ1n) is 24.9. The molecule has 0 saturated heterocycles. The maximum atomic E-state index is 13.2. The van der Waals surface area contributed by atoms with Crippen molar-refractivity contribution in [1.29, 1.82) is 0 Å². The number of hydrogen-bond donors (Lipinski definition) is 3. The standard InChI is InChI=1S/C52H95NO5/c1-4-7-10-13-16-19-22-24-25-26-28-29-32-35-38-41-44-50(55)49(47-54)53-51(56)46-48(43-40-37-34-31-21-18-15-12-9-6-3)58-52(57)45-42-39-36-33-30-27-23-20-17-14-11-8-5-2/h8,11,14,17-18,20-21,23,48-50,54-55H,4-7,9-10,12-13,15-16,19,22,24-47H2,1-3H3,(H,53,56)/b11-8+,17-14+,21-18-,23-20-. The van der Waals surface area contributed by atoms with Crippen LogP contribution < -0.4 is 5.32 Å². The van der Waals surface area contributed by atoms with Gasteiger partial charge in [0.25, 0.3) is 0 Å². The number of unbranched alkanes of at least 4 members (excludes halogenated alkanes) is 26. The monoisotopic (exact) mass is 814 g/mol. The predicted octanol–water partition coefficient (Wildman–Crippen LogP) is 14.7. The summed E-state index contributed by atoms with van der Waals surface area (Å²) in [7, 11) is 0. The Morgan fingerprint density at radius 1 is 0.517 bits per heavy atom. The molecule has 0 aliphatic rings. The summed E-state index contributed by atoms with van der Waals surface area (Å²) in [6, 6.07) is -0.709. The molecule has 1 amide bonds. The first-order chi connectivity index (χ1) is 28.5. The van der Waals surface area contributed by atoms with Gasteiger partial charge in [-0.1, -0.05) is 211 Å². The van der Waals surface area contributed by atoms with Crippen LogP contribution in [0.3, 0.4) is 0 Å². The van der Waals surface area contributed by atoms with Gasteiger partial charge in [0.2, 0.25) is 5.91 Å². The number of ether oxygens (including phenoxy) is 1. The van der Waals surface area contributed by atoms with Gasteiger partial charge in [0, 0.05) is 6.42 Å². The number of amides is 1. The molecule has 0 aliphatic carbocycles. The van der Waals surface area contributed by atoms with Crippen molar-refractivity contribution in [2.45, 2.75) is 264 Å². The Balaban J connectivity index is 4.51. The molecule has 0 radical (unpaired) electrons. The number of hydrogen-bond acceptors (Lipinski definition) is 5. The lowest BCUT2D eigenvalue weighted by atomic mass is 10.0. The zero-order valence-electron chi connectivity index (χ0n) is 38.4. The minimum absolute atomic E-state index is 0.0585. The van der Waals surface area contributed by atoms with Crippen molar-refractivity contribution < 1.29 is 24.5 Å². The molecule has 0 aromatic rings. The van der Waals surface area contributed by atoms with Crippen molar-refractivity contribution in [2.75, 3.05) is 6.61 Å². The molecule has 3 atom stereocenters. The predicted molar refractivity (Wildman–Crippen MR) is 250 cm³/mol. The minimum atomic E-state index is -0.794. The van der Waals surface area contributed by atoms with E-state index in [0.717, 1.165) is 96.3 Å². The van der Waals surface area contributed by atoms with Crippen molar-refractivity contribution in [3.05, 3.63) is 48.6 Å². The average Bonchev–Trinajstić information content (AvgIpc) is 3.22. The molecule has 0 rings (SSSR count). The molecular weight excluding hydrogens is 719 g/mol. The van der Waals surface area contributed by atoms with Crippen LogP contribution in [0.4, 0.5) is 0 Å². The molecule has 0 heterocycles. The van der Waals surface area contributed by atoms with Gasteiger partial charge in [-0.3, -0.25) is 9.59 Å². The third-order valence-electron chi connectivity index (χ3n) is 11.2. The van der Waals surface area contributed by atoms with Crippen LogP contribution in [0.15, 0.2) is 48.6 Å². The van der Waals surface area contributed by atoms with Crippen LogP contribution in [0, 0.1) is 0 Å². The Labute approximate surface area is 359 Å². The largest absolute Gasteiger partial charge is 0.462 e. The fraction of sp³-hybridized carbons (Fsp3) is 0.808. The van der Waals surface area contributed by atoms with Crippen LogP contribution in [-0.2, 0) is 14.3 Å². The van der Waals surface area contributed by atoms with E-state index in [1.165, 1.54) is 103 Å². The third kappa shape index (κ3) is 40.6. The van der Waals surface area contributed by atoms with E-state index < -0.39 is 18.2 Å². The van der Waals surface area contributed by atoms with Crippen LogP contribution in [0.25, 0.3) is 0 Å². The summed E-state index contributed by atoms with van der Waals surface area (Å²) in [6.45, 7) is 6.32. The van der Waals surface area contributed by atoms with Gasteiger partial charge in [0.05, 0.1) is 25.2 Å². The lowest BCUT2D eigenvalue weighted by molar-refractivity contribution is -0.151. The van der Waals surface area contributed by atoms with E-state index in [-0.39, 0.29) is 24.9 Å². The zero-order valence-corrected chi connectivity index (χ0v) is 38.4. The first-order valence-corrected chi connectivity index (χ1v) is 24.9. The van der Waals surface area contributed by atoms with E-state index in [1.807, 2.05) is 0 Å². The van der Waals surface area contributed by atoms with E-state index in [0.29, 0.717) is 19.3 Å². The number of esters is 1. The molecule has 0 aliphatic heterocycles. The Hall–Kier alpha value is -2.18.